The number of methoxy groups -OCH3 is 1. The number of amides is 3. The standard InChI is InChI=1S/C42H41N3O5S2/c1-3-35(40(48)45-41-37(42(49)50-2)33-23-9-4-5-10-24-36(33)52-41)51-31-21-14-20-30(26-31)43-39(47)34(44-38(46)28-16-7-6-8-17-28)25-29-19-13-18-27-15-11-12-22-32(27)29/h6-8,11-22,25-26,35H,3-5,9-10,23-24H2,1-2H3,(H,43,47)(H,44,46)(H,45,48)/b34-25+. The molecule has 1 aliphatic carbocycles. The smallest absolute Gasteiger partial charge is 0.341 e. The lowest BCUT2D eigenvalue weighted by molar-refractivity contribution is -0.116. The monoisotopic (exact) mass is 731 g/mol. The molecule has 3 N–H and O–H groups in total. The lowest BCUT2D eigenvalue weighted by Gasteiger charge is -2.16. The van der Waals surface area contributed by atoms with E-state index >= 15 is 0 Å². The fourth-order valence-electron chi connectivity index (χ4n) is 6.32. The van der Waals surface area contributed by atoms with E-state index in [4.69, 9.17) is 4.74 Å². The van der Waals surface area contributed by atoms with Crippen LogP contribution in [-0.4, -0.2) is 36.1 Å². The van der Waals surface area contributed by atoms with Gasteiger partial charge >= 0.3 is 5.97 Å². The third-order valence-corrected chi connectivity index (χ3v) is 11.5. The van der Waals surface area contributed by atoms with Crippen molar-refractivity contribution in [1.29, 1.82) is 0 Å². The summed E-state index contributed by atoms with van der Waals surface area (Å²) >= 11 is 2.86. The number of nitrogens with one attached hydrogen (secondary N) is 3. The predicted octanol–water partition coefficient (Wildman–Crippen LogP) is 9.27. The van der Waals surface area contributed by atoms with Gasteiger partial charge in [0.05, 0.1) is 17.9 Å². The van der Waals surface area contributed by atoms with Crippen LogP contribution in [0.2, 0.25) is 0 Å². The molecule has 0 radical (unpaired) electrons. The summed E-state index contributed by atoms with van der Waals surface area (Å²) < 4.78 is 5.14. The average Bonchev–Trinajstić information content (AvgIpc) is 3.48. The minimum Gasteiger partial charge on any atom is -0.465 e. The molecule has 0 aliphatic heterocycles. The first-order valence-electron chi connectivity index (χ1n) is 17.5. The van der Waals surface area contributed by atoms with Crippen LogP contribution in [0, 0.1) is 0 Å². The van der Waals surface area contributed by atoms with Crippen LogP contribution in [0.4, 0.5) is 10.7 Å². The Kier molecular flexibility index (Phi) is 12.2. The first-order chi connectivity index (χ1) is 25.3. The number of rotatable bonds is 11. The molecular formula is C42H41N3O5S2. The normalized spacial score (nSPS) is 13.6. The van der Waals surface area contributed by atoms with Crippen LogP contribution in [0.15, 0.2) is 108 Å². The molecule has 1 unspecified atom stereocenters. The molecule has 1 aliphatic rings. The fourth-order valence-corrected chi connectivity index (χ4v) is 8.62. The van der Waals surface area contributed by atoms with E-state index in [1.54, 1.807) is 36.4 Å². The van der Waals surface area contributed by atoms with Crippen LogP contribution in [0.5, 0.6) is 0 Å². The van der Waals surface area contributed by atoms with Gasteiger partial charge in [0.25, 0.3) is 11.8 Å². The molecule has 1 heterocycles. The van der Waals surface area contributed by atoms with Crippen molar-refractivity contribution in [2.75, 3.05) is 17.7 Å². The van der Waals surface area contributed by atoms with Gasteiger partial charge in [0.15, 0.2) is 0 Å². The maximum atomic E-state index is 13.9. The van der Waals surface area contributed by atoms with E-state index in [1.165, 1.54) is 30.2 Å². The van der Waals surface area contributed by atoms with Crippen LogP contribution in [0.1, 0.15) is 75.7 Å². The molecule has 4 aromatic carbocycles. The Morgan fingerprint density at radius 2 is 1.58 bits per heavy atom. The highest BCUT2D eigenvalue weighted by atomic mass is 32.2. The zero-order valence-electron chi connectivity index (χ0n) is 29.2. The molecule has 1 atom stereocenters. The second-order valence-corrected chi connectivity index (χ2v) is 14.9. The number of ether oxygens (including phenoxy) is 1. The summed E-state index contributed by atoms with van der Waals surface area (Å²) in [5, 5.41) is 10.9. The number of carbonyl (C=O) groups is 4. The van der Waals surface area contributed by atoms with Crippen LogP contribution >= 0.6 is 23.1 Å². The number of thiophene rings is 1. The van der Waals surface area contributed by atoms with Gasteiger partial charge in [-0.1, -0.05) is 86.5 Å². The maximum Gasteiger partial charge on any atom is 0.341 e. The molecule has 0 fully saturated rings. The van der Waals surface area contributed by atoms with Crippen LogP contribution in [0.3, 0.4) is 0 Å². The van der Waals surface area contributed by atoms with E-state index in [0.717, 1.165) is 70.2 Å². The molecule has 0 saturated carbocycles. The van der Waals surface area contributed by atoms with Gasteiger partial charge in [0.1, 0.15) is 10.7 Å². The summed E-state index contributed by atoms with van der Waals surface area (Å²) in [6.45, 7) is 1.94. The summed E-state index contributed by atoms with van der Waals surface area (Å²) in [4.78, 5) is 55.6. The Balaban J connectivity index is 1.21. The van der Waals surface area contributed by atoms with Gasteiger partial charge in [-0.05, 0) is 90.4 Å². The second kappa shape index (κ2) is 17.4. The van der Waals surface area contributed by atoms with Gasteiger partial charge in [0, 0.05) is 21.0 Å². The zero-order valence-corrected chi connectivity index (χ0v) is 30.8. The van der Waals surface area contributed by atoms with Crippen molar-refractivity contribution in [2.24, 2.45) is 0 Å². The molecule has 266 valence electrons. The molecule has 5 aromatic rings. The van der Waals surface area contributed by atoms with Crippen molar-refractivity contribution in [3.05, 3.63) is 130 Å². The number of carbonyl (C=O) groups excluding carboxylic acids is 4. The molecule has 0 saturated heterocycles. The maximum absolute atomic E-state index is 13.9. The first kappa shape index (κ1) is 36.6. The molecular weight excluding hydrogens is 691 g/mol. The summed E-state index contributed by atoms with van der Waals surface area (Å²) in [5.41, 5.74) is 3.29. The molecule has 0 bridgehead atoms. The molecule has 8 nitrogen and oxygen atoms in total. The summed E-state index contributed by atoms with van der Waals surface area (Å²) in [7, 11) is 1.37. The molecule has 6 rings (SSSR count). The van der Waals surface area contributed by atoms with E-state index in [0.29, 0.717) is 28.2 Å². The van der Waals surface area contributed by atoms with E-state index in [9.17, 15) is 19.2 Å². The topological polar surface area (TPSA) is 114 Å². The Bertz CT molecular complexity index is 2120. The van der Waals surface area contributed by atoms with Gasteiger partial charge in [-0.15, -0.1) is 23.1 Å². The molecule has 3 amide bonds. The van der Waals surface area contributed by atoms with Gasteiger partial charge in [-0.2, -0.15) is 0 Å². The second-order valence-electron chi connectivity index (χ2n) is 12.5. The average molecular weight is 732 g/mol. The van der Waals surface area contributed by atoms with Gasteiger partial charge < -0.3 is 20.7 Å². The van der Waals surface area contributed by atoms with E-state index in [1.807, 2.05) is 73.7 Å². The Morgan fingerprint density at radius 3 is 2.37 bits per heavy atom. The zero-order chi connectivity index (χ0) is 36.5. The number of anilines is 2. The van der Waals surface area contributed by atoms with E-state index in [-0.39, 0.29) is 11.6 Å². The van der Waals surface area contributed by atoms with E-state index < -0.39 is 23.0 Å². The van der Waals surface area contributed by atoms with Crippen LogP contribution in [0.25, 0.3) is 16.8 Å². The highest BCUT2D eigenvalue weighted by Gasteiger charge is 2.28. The lowest BCUT2D eigenvalue weighted by Crippen LogP contribution is -2.30. The van der Waals surface area contributed by atoms with E-state index in [2.05, 4.69) is 16.0 Å². The van der Waals surface area contributed by atoms with Gasteiger partial charge in [0.2, 0.25) is 5.91 Å². The third kappa shape index (κ3) is 8.81. The highest BCUT2D eigenvalue weighted by molar-refractivity contribution is 8.00. The fraction of sp³-hybridized carbons (Fsp3) is 0.238. The Labute approximate surface area is 312 Å². The number of hydrogen-bond donors (Lipinski definition) is 3. The SMILES string of the molecule is CCC(Sc1cccc(NC(=O)/C(=C\c2cccc3ccccc23)NC(=O)c2ccccc2)c1)C(=O)Nc1sc2c(c1C(=O)OC)CCCCCC2. The third-order valence-electron chi connectivity index (χ3n) is 8.98. The Morgan fingerprint density at radius 1 is 0.846 bits per heavy atom. The molecule has 1 aromatic heterocycles. The number of fused-ring (bicyclic) bond motifs is 2. The minimum absolute atomic E-state index is 0.0838. The summed E-state index contributed by atoms with van der Waals surface area (Å²) in [6.07, 6.45) is 8.24. The number of aryl methyl sites for hydroxylation is 1. The number of benzene rings is 4. The van der Waals surface area contributed by atoms with Crippen LogP contribution < -0.4 is 16.0 Å². The van der Waals surface area contributed by atoms with Crippen molar-refractivity contribution >= 4 is 74.3 Å². The Hall–Kier alpha value is -5.19. The lowest BCUT2D eigenvalue weighted by atomic mass is 9.96. The predicted molar refractivity (Wildman–Crippen MR) is 211 cm³/mol. The summed E-state index contributed by atoms with van der Waals surface area (Å²) in [6, 6.07) is 29.7. The van der Waals surface area contributed by atoms with Crippen LogP contribution in [-0.2, 0) is 27.2 Å². The van der Waals surface area contributed by atoms with Gasteiger partial charge in [-0.3, -0.25) is 14.4 Å². The molecule has 10 heteroatoms. The van der Waals surface area contributed by atoms with Crippen molar-refractivity contribution in [2.45, 2.75) is 62.0 Å². The number of thioether (sulfide) groups is 1. The first-order valence-corrected chi connectivity index (χ1v) is 19.2. The van der Waals surface area contributed by atoms with Crippen molar-refractivity contribution in [3.8, 4) is 0 Å². The summed E-state index contributed by atoms with van der Waals surface area (Å²) in [5.74, 6) is -1.53. The van der Waals surface area contributed by atoms with Crippen molar-refractivity contribution < 1.29 is 23.9 Å². The number of esters is 1. The number of hydrogen-bond acceptors (Lipinski definition) is 7. The minimum atomic E-state index is -0.493. The largest absolute Gasteiger partial charge is 0.465 e. The highest BCUT2D eigenvalue weighted by Crippen LogP contribution is 2.38. The van der Waals surface area contributed by atoms with Crippen molar-refractivity contribution in [1.82, 2.24) is 5.32 Å². The van der Waals surface area contributed by atoms with Gasteiger partial charge in [-0.25, -0.2) is 4.79 Å². The quantitative estimate of drug-likeness (QED) is 0.0709. The molecule has 52 heavy (non-hydrogen) atoms. The molecule has 0 spiro atoms. The van der Waals surface area contributed by atoms with Crippen molar-refractivity contribution in [3.63, 3.8) is 0 Å².